The lowest BCUT2D eigenvalue weighted by Gasteiger charge is -2.30. The van der Waals surface area contributed by atoms with Crippen LogP contribution in [0.5, 0.6) is 0 Å². The molecule has 0 heterocycles. The molecule has 1 aliphatic carbocycles. The molecule has 0 aromatic rings. The first kappa shape index (κ1) is 16.6. The van der Waals surface area contributed by atoms with Gasteiger partial charge in [0.05, 0.1) is 0 Å². The topological polar surface area (TPSA) is 0 Å². The lowest BCUT2D eigenvalue weighted by atomic mass is 9.75. The highest BCUT2D eigenvalue weighted by Crippen LogP contribution is 2.36. The second kappa shape index (κ2) is 9.43. The van der Waals surface area contributed by atoms with Crippen LogP contribution in [0.1, 0.15) is 85.0 Å². The van der Waals surface area contributed by atoms with Crippen LogP contribution in [0.2, 0.25) is 0 Å². The van der Waals surface area contributed by atoms with E-state index in [4.69, 9.17) is 0 Å². The molecule has 0 radical (unpaired) electrons. The van der Waals surface area contributed by atoms with Crippen molar-refractivity contribution in [3.8, 4) is 0 Å². The Labute approximate surface area is 121 Å². The number of hydrogen-bond donors (Lipinski definition) is 0. The third-order valence-corrected chi connectivity index (χ3v) is 4.93. The zero-order valence-electron chi connectivity index (χ0n) is 13.5. The van der Waals surface area contributed by atoms with Crippen LogP contribution >= 0.6 is 0 Å². The largest absolute Gasteiger partial charge is 0.129 e. The predicted octanol–water partition coefficient (Wildman–Crippen LogP) is 6.52. The lowest BCUT2D eigenvalue weighted by Crippen LogP contribution is -2.17. The summed E-state index contributed by atoms with van der Waals surface area (Å²) < 4.78 is 0. The van der Waals surface area contributed by atoms with Gasteiger partial charge < -0.3 is 0 Å². The van der Waals surface area contributed by atoms with Crippen molar-refractivity contribution < 1.29 is 0 Å². The van der Waals surface area contributed by atoms with Crippen LogP contribution in [0, 0.1) is 17.8 Å². The lowest BCUT2D eigenvalue weighted by molar-refractivity contribution is 0.303. The Morgan fingerprint density at radius 3 is 2.32 bits per heavy atom. The maximum absolute atomic E-state index is 3.97. The molecule has 0 amide bonds. The van der Waals surface area contributed by atoms with Crippen molar-refractivity contribution in [1.82, 2.24) is 0 Å². The van der Waals surface area contributed by atoms with E-state index in [9.17, 15) is 0 Å². The van der Waals surface area contributed by atoms with Crippen LogP contribution in [0.4, 0.5) is 0 Å². The van der Waals surface area contributed by atoms with Crippen molar-refractivity contribution >= 4 is 0 Å². The molecule has 0 nitrogen and oxygen atoms in total. The van der Waals surface area contributed by atoms with Crippen molar-refractivity contribution in [3.05, 3.63) is 17.9 Å². The molecule has 0 saturated heterocycles. The van der Waals surface area contributed by atoms with Gasteiger partial charge in [0.15, 0.2) is 0 Å². The summed E-state index contributed by atoms with van der Waals surface area (Å²) in [6.45, 7) is 11.0. The first-order valence-electron chi connectivity index (χ1n) is 8.58. The molecular formula is C19H34. The van der Waals surface area contributed by atoms with Gasteiger partial charge in [-0.1, -0.05) is 72.3 Å². The molecule has 0 heteroatoms. The normalized spacial score (nSPS) is 24.8. The second-order valence-corrected chi connectivity index (χ2v) is 6.69. The molecule has 1 saturated carbocycles. The molecular weight excluding hydrogens is 228 g/mol. The van der Waals surface area contributed by atoms with Gasteiger partial charge in [-0.15, -0.1) is 5.73 Å². The highest BCUT2D eigenvalue weighted by Gasteiger charge is 2.24. The first-order valence-corrected chi connectivity index (χ1v) is 8.58. The fourth-order valence-corrected chi connectivity index (χ4v) is 3.50. The van der Waals surface area contributed by atoms with Crippen molar-refractivity contribution in [2.75, 3.05) is 0 Å². The molecule has 1 fully saturated rings. The van der Waals surface area contributed by atoms with Crippen LogP contribution in [0.3, 0.4) is 0 Å². The van der Waals surface area contributed by atoms with E-state index in [1.54, 1.807) is 5.57 Å². The van der Waals surface area contributed by atoms with Gasteiger partial charge >= 0.3 is 0 Å². The molecule has 1 aliphatic rings. The number of rotatable bonds is 8. The third kappa shape index (κ3) is 6.00. The summed E-state index contributed by atoms with van der Waals surface area (Å²) in [6, 6.07) is 0. The summed E-state index contributed by atoms with van der Waals surface area (Å²) in [4.78, 5) is 0. The average molecular weight is 262 g/mol. The van der Waals surface area contributed by atoms with Crippen LogP contribution in [0.15, 0.2) is 17.9 Å². The molecule has 0 N–H and O–H groups in total. The van der Waals surface area contributed by atoms with E-state index in [2.05, 4.69) is 33.1 Å². The monoisotopic (exact) mass is 262 g/mol. The van der Waals surface area contributed by atoms with Crippen molar-refractivity contribution in [3.63, 3.8) is 0 Å². The minimum atomic E-state index is 0.706. The van der Waals surface area contributed by atoms with Gasteiger partial charge in [-0.25, -0.2) is 0 Å². The molecule has 110 valence electrons. The molecule has 0 spiro atoms. The van der Waals surface area contributed by atoms with Gasteiger partial charge in [-0.2, -0.15) is 0 Å². The van der Waals surface area contributed by atoms with Gasteiger partial charge in [0.25, 0.3) is 0 Å². The van der Waals surface area contributed by atoms with E-state index in [1.165, 1.54) is 64.2 Å². The van der Waals surface area contributed by atoms with Crippen molar-refractivity contribution in [2.45, 2.75) is 85.0 Å². The summed E-state index contributed by atoms with van der Waals surface area (Å²) in [5, 5.41) is 0. The molecule has 0 aromatic carbocycles. The van der Waals surface area contributed by atoms with Gasteiger partial charge in [-0.3, -0.25) is 0 Å². The Bertz CT molecular complexity index is 274. The number of unbranched alkanes of at least 4 members (excludes halogenated alkanes) is 4. The highest BCUT2D eigenvalue weighted by atomic mass is 14.3. The minimum absolute atomic E-state index is 0.706. The predicted molar refractivity (Wildman–Crippen MR) is 86.3 cm³/mol. The summed E-state index contributed by atoms with van der Waals surface area (Å²) in [7, 11) is 0. The van der Waals surface area contributed by atoms with Gasteiger partial charge in [0.2, 0.25) is 0 Å². The van der Waals surface area contributed by atoms with Gasteiger partial charge in [-0.05, 0) is 42.6 Å². The van der Waals surface area contributed by atoms with E-state index in [0.29, 0.717) is 5.92 Å². The summed E-state index contributed by atoms with van der Waals surface area (Å²) in [6.07, 6.45) is 13.8. The third-order valence-electron chi connectivity index (χ3n) is 4.93. The average Bonchev–Trinajstić information content (AvgIpc) is 2.41. The van der Waals surface area contributed by atoms with Crippen molar-refractivity contribution in [1.29, 1.82) is 0 Å². The van der Waals surface area contributed by atoms with E-state index < -0.39 is 0 Å². The summed E-state index contributed by atoms with van der Waals surface area (Å²) in [5.74, 6) is 2.43. The van der Waals surface area contributed by atoms with E-state index in [0.717, 1.165) is 11.8 Å². The van der Waals surface area contributed by atoms with E-state index in [1.807, 2.05) is 0 Å². The highest BCUT2D eigenvalue weighted by molar-refractivity contribution is 5.09. The molecule has 1 rings (SSSR count). The summed E-state index contributed by atoms with van der Waals surface area (Å²) in [5.41, 5.74) is 4.85. The van der Waals surface area contributed by atoms with Crippen LogP contribution < -0.4 is 0 Å². The number of allylic oxidation sites excluding steroid dienone is 1. The Morgan fingerprint density at radius 1 is 1.11 bits per heavy atom. The fourth-order valence-electron chi connectivity index (χ4n) is 3.50. The van der Waals surface area contributed by atoms with E-state index in [-0.39, 0.29) is 0 Å². The summed E-state index contributed by atoms with van der Waals surface area (Å²) >= 11 is 0. The smallest absolute Gasteiger partial charge is 0.0124 e. The molecule has 0 aliphatic heterocycles. The molecule has 0 bridgehead atoms. The molecule has 1 unspecified atom stereocenters. The minimum Gasteiger partial charge on any atom is -0.129 e. The van der Waals surface area contributed by atoms with Crippen molar-refractivity contribution in [2.24, 2.45) is 17.8 Å². The standard InChI is InChI=1S/C19H34/c1-5-7-8-9-10-11-17(4)19(6-2)18-14-12-16(3)13-15-18/h16-18H,2,5,7-15H2,1,3-4H3. The van der Waals surface area contributed by atoms with Crippen LogP contribution in [-0.2, 0) is 0 Å². The van der Waals surface area contributed by atoms with E-state index >= 15 is 0 Å². The Kier molecular flexibility index (Phi) is 8.22. The van der Waals surface area contributed by atoms with Gasteiger partial charge in [0.1, 0.15) is 0 Å². The fraction of sp³-hybridized carbons (Fsp3) is 0.842. The molecule has 0 aromatic heterocycles. The maximum atomic E-state index is 3.97. The number of hydrogen-bond acceptors (Lipinski definition) is 0. The Balaban J connectivity index is 2.31. The first-order chi connectivity index (χ1) is 9.19. The van der Waals surface area contributed by atoms with Crippen LogP contribution in [0.25, 0.3) is 0 Å². The zero-order valence-corrected chi connectivity index (χ0v) is 13.5. The zero-order chi connectivity index (χ0) is 14.1. The molecule has 1 atom stereocenters. The quantitative estimate of drug-likeness (QED) is 0.345. The second-order valence-electron chi connectivity index (χ2n) is 6.69. The Hall–Kier alpha value is -0.480. The maximum Gasteiger partial charge on any atom is -0.0124 e. The molecule has 19 heavy (non-hydrogen) atoms. The SMILES string of the molecule is C=C=C(C(C)CCCCCCC)C1CCC(C)CC1. The Morgan fingerprint density at radius 2 is 1.74 bits per heavy atom. The van der Waals surface area contributed by atoms with Crippen LogP contribution in [-0.4, -0.2) is 0 Å². The van der Waals surface area contributed by atoms with Gasteiger partial charge in [0, 0.05) is 0 Å².